The van der Waals surface area contributed by atoms with Crippen LogP contribution in [0.25, 0.3) is 0 Å². The van der Waals surface area contributed by atoms with Crippen LogP contribution in [0.1, 0.15) is 18.3 Å². The zero-order valence-corrected chi connectivity index (χ0v) is 12.4. The predicted molar refractivity (Wildman–Crippen MR) is 77.2 cm³/mol. The Balaban J connectivity index is 1.84. The first-order chi connectivity index (χ1) is 10.4. The van der Waals surface area contributed by atoms with Crippen LogP contribution < -0.4 is 10.6 Å². The van der Waals surface area contributed by atoms with Gasteiger partial charge >= 0.3 is 6.03 Å². The van der Waals surface area contributed by atoms with Crippen LogP contribution >= 0.6 is 0 Å². The summed E-state index contributed by atoms with van der Waals surface area (Å²) in [6.07, 6.45) is 1.40. The van der Waals surface area contributed by atoms with Gasteiger partial charge in [-0.25, -0.2) is 14.2 Å². The van der Waals surface area contributed by atoms with E-state index in [1.165, 1.54) is 30.6 Å². The summed E-state index contributed by atoms with van der Waals surface area (Å²) < 4.78 is 14.4. The largest absolute Gasteiger partial charge is 0.384 e. The summed E-state index contributed by atoms with van der Waals surface area (Å²) in [7, 11) is 1.72. The van der Waals surface area contributed by atoms with Gasteiger partial charge in [-0.15, -0.1) is 0 Å². The summed E-state index contributed by atoms with van der Waals surface area (Å²) in [4.78, 5) is 15.7. The van der Waals surface area contributed by atoms with E-state index in [1.807, 2.05) is 0 Å². The summed E-state index contributed by atoms with van der Waals surface area (Å²) in [6.45, 7) is 1.76. The maximum atomic E-state index is 12.9. The van der Waals surface area contributed by atoms with Crippen molar-refractivity contribution in [3.05, 3.63) is 47.8 Å². The molecule has 0 aliphatic carbocycles. The molecule has 8 heteroatoms. The molecule has 1 unspecified atom stereocenters. The normalized spacial score (nSPS) is 13.5. The molecule has 0 saturated carbocycles. The molecule has 0 radical (unpaired) electrons. The van der Waals surface area contributed by atoms with Crippen LogP contribution in [-0.4, -0.2) is 32.4 Å². The maximum absolute atomic E-state index is 12.9. The van der Waals surface area contributed by atoms with Crippen molar-refractivity contribution >= 4 is 6.03 Å². The van der Waals surface area contributed by atoms with Gasteiger partial charge in [0.1, 0.15) is 23.6 Å². The molecule has 3 N–H and O–H groups in total. The van der Waals surface area contributed by atoms with Crippen LogP contribution in [0.3, 0.4) is 0 Å². The molecule has 2 amide bonds. The van der Waals surface area contributed by atoms with Crippen molar-refractivity contribution in [2.45, 2.75) is 19.1 Å². The molecule has 0 spiro atoms. The van der Waals surface area contributed by atoms with E-state index in [4.69, 9.17) is 0 Å². The molecule has 2 aromatic rings. The third-order valence-electron chi connectivity index (χ3n) is 3.27. The molecule has 2 rings (SSSR count). The number of aryl methyl sites for hydroxylation is 1. The van der Waals surface area contributed by atoms with Gasteiger partial charge in [-0.3, -0.25) is 4.68 Å². The molecule has 7 nitrogen and oxygen atoms in total. The van der Waals surface area contributed by atoms with Gasteiger partial charge < -0.3 is 15.7 Å². The van der Waals surface area contributed by atoms with Crippen LogP contribution in [0.4, 0.5) is 9.18 Å². The minimum atomic E-state index is -1.30. The number of halogens is 1. The number of nitrogens with one attached hydrogen (secondary N) is 2. The van der Waals surface area contributed by atoms with Crippen molar-refractivity contribution in [3.8, 4) is 0 Å². The number of carbonyl (C=O) groups excluding carboxylic acids is 1. The first kappa shape index (κ1) is 15.9. The minimum absolute atomic E-state index is 0.0106. The average molecular weight is 307 g/mol. The van der Waals surface area contributed by atoms with Crippen molar-refractivity contribution in [2.24, 2.45) is 7.05 Å². The second kappa shape index (κ2) is 6.52. The highest BCUT2D eigenvalue weighted by Crippen LogP contribution is 2.19. The molecule has 0 aliphatic rings. The smallest absolute Gasteiger partial charge is 0.315 e. The lowest BCUT2D eigenvalue weighted by Crippen LogP contribution is -2.43. The Kier molecular flexibility index (Phi) is 4.71. The monoisotopic (exact) mass is 307 g/mol. The lowest BCUT2D eigenvalue weighted by molar-refractivity contribution is 0.0593. The molecule has 1 aromatic carbocycles. The molecule has 1 heterocycles. The number of carbonyl (C=O) groups is 1. The Morgan fingerprint density at radius 2 is 2.05 bits per heavy atom. The van der Waals surface area contributed by atoms with Crippen molar-refractivity contribution in [3.63, 3.8) is 0 Å². The number of urea groups is 1. The van der Waals surface area contributed by atoms with Gasteiger partial charge in [-0.2, -0.15) is 5.10 Å². The number of aromatic nitrogens is 3. The highest BCUT2D eigenvalue weighted by Gasteiger charge is 2.23. The number of hydrogen-bond donors (Lipinski definition) is 3. The summed E-state index contributed by atoms with van der Waals surface area (Å²) >= 11 is 0. The first-order valence-corrected chi connectivity index (χ1v) is 6.71. The van der Waals surface area contributed by atoms with E-state index < -0.39 is 11.6 Å². The molecule has 1 aromatic heterocycles. The summed E-state index contributed by atoms with van der Waals surface area (Å²) in [5.74, 6) is 0.231. The predicted octanol–water partition coefficient (Wildman–Crippen LogP) is 0.661. The fourth-order valence-electron chi connectivity index (χ4n) is 1.87. The van der Waals surface area contributed by atoms with E-state index in [9.17, 15) is 14.3 Å². The second-order valence-corrected chi connectivity index (χ2v) is 5.12. The van der Waals surface area contributed by atoms with Crippen LogP contribution in [0.15, 0.2) is 30.6 Å². The molecule has 22 heavy (non-hydrogen) atoms. The van der Waals surface area contributed by atoms with E-state index in [-0.39, 0.29) is 18.9 Å². The van der Waals surface area contributed by atoms with Crippen LogP contribution in [0.2, 0.25) is 0 Å². The van der Waals surface area contributed by atoms with Gasteiger partial charge in [0.25, 0.3) is 0 Å². The zero-order chi connectivity index (χ0) is 16.2. The summed E-state index contributed by atoms with van der Waals surface area (Å²) in [5, 5.41) is 19.4. The molecule has 0 saturated heterocycles. The number of benzene rings is 1. The number of amides is 2. The number of rotatable bonds is 5. The number of nitrogens with zero attached hydrogens (tertiary/aromatic N) is 3. The SMILES string of the molecule is Cn1ncnc1CNC(=O)NCC(C)(O)c1ccc(F)cc1. The highest BCUT2D eigenvalue weighted by molar-refractivity contribution is 5.73. The third kappa shape index (κ3) is 4.01. The van der Waals surface area contributed by atoms with E-state index in [0.29, 0.717) is 11.4 Å². The Hall–Kier alpha value is -2.48. The average Bonchev–Trinajstić information content (AvgIpc) is 2.89. The lowest BCUT2D eigenvalue weighted by Gasteiger charge is -2.24. The van der Waals surface area contributed by atoms with E-state index in [0.717, 1.165) is 0 Å². The quantitative estimate of drug-likeness (QED) is 0.757. The first-order valence-electron chi connectivity index (χ1n) is 6.71. The van der Waals surface area contributed by atoms with Crippen molar-refractivity contribution in [1.82, 2.24) is 25.4 Å². The Morgan fingerprint density at radius 1 is 1.36 bits per heavy atom. The molecule has 118 valence electrons. The molecule has 0 aliphatic heterocycles. The van der Waals surface area contributed by atoms with Gasteiger partial charge in [0.2, 0.25) is 0 Å². The Labute approximate surface area is 127 Å². The number of hydrogen-bond acceptors (Lipinski definition) is 4. The van der Waals surface area contributed by atoms with Crippen molar-refractivity contribution in [2.75, 3.05) is 6.54 Å². The molecule has 0 bridgehead atoms. The fourth-order valence-corrected chi connectivity index (χ4v) is 1.87. The van der Waals surface area contributed by atoms with Crippen molar-refractivity contribution in [1.29, 1.82) is 0 Å². The molecular formula is C14H18FN5O2. The van der Waals surface area contributed by atoms with Gasteiger partial charge in [0.05, 0.1) is 13.1 Å². The second-order valence-electron chi connectivity index (χ2n) is 5.12. The van der Waals surface area contributed by atoms with Crippen LogP contribution in [0, 0.1) is 5.82 Å². The molecule has 1 atom stereocenters. The molecular weight excluding hydrogens is 289 g/mol. The van der Waals surface area contributed by atoms with Gasteiger partial charge in [0, 0.05) is 7.05 Å². The fraction of sp³-hybridized carbons (Fsp3) is 0.357. The third-order valence-corrected chi connectivity index (χ3v) is 3.27. The zero-order valence-electron chi connectivity index (χ0n) is 12.4. The van der Waals surface area contributed by atoms with Crippen molar-refractivity contribution < 1.29 is 14.3 Å². The van der Waals surface area contributed by atoms with E-state index in [1.54, 1.807) is 18.7 Å². The minimum Gasteiger partial charge on any atom is -0.384 e. The van der Waals surface area contributed by atoms with Gasteiger partial charge in [-0.05, 0) is 24.6 Å². The summed E-state index contributed by atoms with van der Waals surface area (Å²) in [6, 6.07) is 5.05. The van der Waals surface area contributed by atoms with Gasteiger partial charge in [0.15, 0.2) is 0 Å². The maximum Gasteiger partial charge on any atom is 0.315 e. The standard InChI is InChI=1S/C14H18FN5O2/c1-14(22,10-3-5-11(15)6-4-10)8-17-13(21)16-7-12-18-9-19-20(12)2/h3-6,9,22H,7-8H2,1-2H3,(H2,16,17,21). The number of aliphatic hydroxyl groups is 1. The topological polar surface area (TPSA) is 92.1 Å². The highest BCUT2D eigenvalue weighted by atomic mass is 19.1. The Morgan fingerprint density at radius 3 is 2.64 bits per heavy atom. The van der Waals surface area contributed by atoms with Gasteiger partial charge in [-0.1, -0.05) is 12.1 Å². The van der Waals surface area contributed by atoms with E-state index in [2.05, 4.69) is 20.7 Å². The van der Waals surface area contributed by atoms with Crippen LogP contribution in [0.5, 0.6) is 0 Å². The molecule has 0 fully saturated rings. The Bertz CT molecular complexity index is 639. The summed E-state index contributed by atoms with van der Waals surface area (Å²) in [5.41, 5.74) is -0.780. The van der Waals surface area contributed by atoms with Crippen LogP contribution in [-0.2, 0) is 19.2 Å². The van der Waals surface area contributed by atoms with E-state index >= 15 is 0 Å². The lowest BCUT2D eigenvalue weighted by atomic mass is 9.96.